The molecule has 1 aliphatic rings. The first-order valence-corrected chi connectivity index (χ1v) is 11.9. The van der Waals surface area contributed by atoms with Crippen LogP contribution in [-0.4, -0.2) is 17.7 Å². The highest BCUT2D eigenvalue weighted by atomic mass is 79.9. The summed E-state index contributed by atoms with van der Waals surface area (Å²) < 4.78 is 6.45. The SMILES string of the molecule is CCOc1ccc(/C=C2\SC(=Nc3ccc(C)cc3)N(c3ccc(C)cc3)C2=O)cc1Br. The molecule has 4 nitrogen and oxygen atoms in total. The molecule has 0 bridgehead atoms. The molecule has 0 aliphatic carbocycles. The smallest absolute Gasteiger partial charge is 0.271 e. The number of ether oxygens (including phenoxy) is 1. The average Bonchev–Trinajstić information content (AvgIpc) is 3.07. The lowest BCUT2D eigenvalue weighted by atomic mass is 10.2. The molecule has 0 unspecified atom stereocenters. The van der Waals surface area contributed by atoms with Crippen LogP contribution < -0.4 is 9.64 Å². The second-order valence-corrected chi connectivity index (χ2v) is 9.30. The lowest BCUT2D eigenvalue weighted by Gasteiger charge is -2.16. The molecule has 0 atom stereocenters. The van der Waals surface area contributed by atoms with Crippen molar-refractivity contribution >= 4 is 56.2 Å². The second kappa shape index (κ2) is 9.76. The molecule has 4 rings (SSSR count). The minimum atomic E-state index is -0.0882. The molecule has 1 aliphatic heterocycles. The lowest BCUT2D eigenvalue weighted by Crippen LogP contribution is -2.28. The molecule has 0 saturated carbocycles. The van der Waals surface area contributed by atoms with Gasteiger partial charge >= 0.3 is 0 Å². The number of hydrogen-bond acceptors (Lipinski definition) is 4. The highest BCUT2D eigenvalue weighted by molar-refractivity contribution is 9.10. The zero-order valence-electron chi connectivity index (χ0n) is 18.1. The summed E-state index contributed by atoms with van der Waals surface area (Å²) in [5.41, 5.74) is 4.83. The molecule has 0 radical (unpaired) electrons. The van der Waals surface area contributed by atoms with Crippen molar-refractivity contribution in [2.75, 3.05) is 11.5 Å². The van der Waals surface area contributed by atoms with Gasteiger partial charge in [-0.25, -0.2) is 4.99 Å². The largest absolute Gasteiger partial charge is 0.493 e. The van der Waals surface area contributed by atoms with Crippen molar-refractivity contribution in [3.63, 3.8) is 0 Å². The number of benzene rings is 3. The number of carbonyl (C=O) groups excluding carboxylic acids is 1. The van der Waals surface area contributed by atoms with Crippen molar-refractivity contribution in [1.82, 2.24) is 0 Å². The Balaban J connectivity index is 1.73. The van der Waals surface area contributed by atoms with Crippen LogP contribution in [0.25, 0.3) is 6.08 Å². The van der Waals surface area contributed by atoms with Gasteiger partial charge in [-0.1, -0.05) is 41.5 Å². The van der Waals surface area contributed by atoms with Crippen LogP contribution in [0.4, 0.5) is 11.4 Å². The first-order valence-electron chi connectivity index (χ1n) is 10.3. The average molecular weight is 507 g/mol. The van der Waals surface area contributed by atoms with E-state index in [0.717, 1.165) is 32.7 Å². The van der Waals surface area contributed by atoms with E-state index in [1.807, 2.05) is 93.6 Å². The van der Waals surface area contributed by atoms with Gasteiger partial charge in [0.05, 0.1) is 27.4 Å². The Morgan fingerprint density at radius 1 is 1.00 bits per heavy atom. The predicted molar refractivity (Wildman–Crippen MR) is 138 cm³/mol. The van der Waals surface area contributed by atoms with Gasteiger partial charge in [0.1, 0.15) is 5.75 Å². The number of carbonyl (C=O) groups is 1. The number of amides is 1. The molecule has 1 saturated heterocycles. The highest BCUT2D eigenvalue weighted by Gasteiger charge is 2.34. The van der Waals surface area contributed by atoms with Crippen LogP contribution in [0.15, 0.2) is 81.1 Å². The second-order valence-electron chi connectivity index (χ2n) is 7.44. The van der Waals surface area contributed by atoms with E-state index >= 15 is 0 Å². The van der Waals surface area contributed by atoms with Crippen LogP contribution in [0.5, 0.6) is 5.75 Å². The summed E-state index contributed by atoms with van der Waals surface area (Å²) in [6.45, 7) is 6.61. The first kappa shape index (κ1) is 22.4. The van der Waals surface area contributed by atoms with Gasteiger partial charge < -0.3 is 4.74 Å². The van der Waals surface area contributed by atoms with Gasteiger partial charge in [-0.2, -0.15) is 0 Å². The van der Waals surface area contributed by atoms with Crippen LogP contribution in [0.1, 0.15) is 23.6 Å². The number of rotatable bonds is 5. The van der Waals surface area contributed by atoms with Gasteiger partial charge in [0.25, 0.3) is 5.91 Å². The third kappa shape index (κ3) is 4.97. The van der Waals surface area contributed by atoms with E-state index in [1.165, 1.54) is 17.3 Å². The van der Waals surface area contributed by atoms with E-state index in [4.69, 9.17) is 9.73 Å². The summed E-state index contributed by atoms with van der Waals surface area (Å²) >= 11 is 4.93. The summed E-state index contributed by atoms with van der Waals surface area (Å²) in [7, 11) is 0. The molecule has 3 aromatic carbocycles. The maximum atomic E-state index is 13.4. The maximum Gasteiger partial charge on any atom is 0.271 e. The quantitative estimate of drug-likeness (QED) is 0.341. The number of thioether (sulfide) groups is 1. The minimum absolute atomic E-state index is 0.0882. The fraction of sp³-hybridized carbons (Fsp3) is 0.154. The first-order chi connectivity index (χ1) is 15.4. The van der Waals surface area contributed by atoms with E-state index in [0.29, 0.717) is 16.7 Å². The van der Waals surface area contributed by atoms with Gasteiger partial charge in [-0.3, -0.25) is 9.69 Å². The molecule has 0 spiro atoms. The summed E-state index contributed by atoms with van der Waals surface area (Å²) in [5, 5.41) is 0.638. The standard InChI is InChI=1S/C26H23BrN2O2S/c1-4-31-23-14-9-19(15-22(23)27)16-24-25(30)29(21-12-7-18(3)8-13-21)26(32-24)28-20-10-5-17(2)6-11-20/h5-16H,4H2,1-3H3/b24-16-,28-26?. The van der Waals surface area contributed by atoms with Crippen LogP contribution in [0.2, 0.25) is 0 Å². The van der Waals surface area contributed by atoms with E-state index in [1.54, 1.807) is 4.90 Å². The van der Waals surface area contributed by atoms with Gasteiger partial charge in [0, 0.05) is 0 Å². The van der Waals surface area contributed by atoms with Crippen molar-refractivity contribution in [3.8, 4) is 5.75 Å². The number of hydrogen-bond donors (Lipinski definition) is 0. The molecule has 3 aromatic rings. The topological polar surface area (TPSA) is 41.9 Å². The molecule has 0 N–H and O–H groups in total. The monoisotopic (exact) mass is 506 g/mol. The Morgan fingerprint density at radius 2 is 1.66 bits per heavy atom. The molecule has 1 fully saturated rings. The molecular formula is C26H23BrN2O2S. The number of amidine groups is 1. The third-order valence-electron chi connectivity index (χ3n) is 4.91. The predicted octanol–water partition coefficient (Wildman–Crippen LogP) is 7.27. The van der Waals surface area contributed by atoms with Gasteiger partial charge in [-0.05, 0) is 96.5 Å². The van der Waals surface area contributed by atoms with Gasteiger partial charge in [0.15, 0.2) is 5.17 Å². The summed E-state index contributed by atoms with van der Waals surface area (Å²) in [6, 6.07) is 21.7. The Bertz CT molecular complexity index is 1200. The molecule has 1 amide bonds. The number of nitrogens with zero attached hydrogens (tertiary/aromatic N) is 2. The van der Waals surface area contributed by atoms with Crippen molar-refractivity contribution in [1.29, 1.82) is 0 Å². The summed E-state index contributed by atoms with van der Waals surface area (Å²) in [6.07, 6.45) is 1.90. The van der Waals surface area contributed by atoms with E-state index in [9.17, 15) is 4.79 Å². The molecule has 6 heteroatoms. The number of aryl methyl sites for hydroxylation is 2. The number of aliphatic imine (C=N–C) groups is 1. The Kier molecular flexibility index (Phi) is 6.82. The van der Waals surface area contributed by atoms with Crippen molar-refractivity contribution < 1.29 is 9.53 Å². The molecule has 32 heavy (non-hydrogen) atoms. The summed E-state index contributed by atoms with van der Waals surface area (Å²) in [4.78, 5) is 20.5. The van der Waals surface area contributed by atoms with Crippen molar-refractivity contribution in [3.05, 3.63) is 92.8 Å². The third-order valence-corrected chi connectivity index (χ3v) is 6.50. The Labute approximate surface area is 201 Å². The van der Waals surface area contributed by atoms with Crippen LogP contribution in [-0.2, 0) is 4.79 Å². The van der Waals surface area contributed by atoms with Crippen LogP contribution >= 0.6 is 27.7 Å². The molecule has 1 heterocycles. The Morgan fingerprint density at radius 3 is 2.28 bits per heavy atom. The fourth-order valence-corrected chi connectivity index (χ4v) is 4.74. The van der Waals surface area contributed by atoms with E-state index < -0.39 is 0 Å². The fourth-order valence-electron chi connectivity index (χ4n) is 3.23. The zero-order chi connectivity index (χ0) is 22.7. The number of halogens is 1. The van der Waals surface area contributed by atoms with E-state index in [2.05, 4.69) is 15.9 Å². The molecular weight excluding hydrogens is 484 g/mol. The lowest BCUT2D eigenvalue weighted by molar-refractivity contribution is -0.113. The van der Waals surface area contributed by atoms with Crippen molar-refractivity contribution in [2.45, 2.75) is 20.8 Å². The maximum absolute atomic E-state index is 13.4. The number of anilines is 1. The normalized spacial score (nSPS) is 16.2. The van der Waals surface area contributed by atoms with Crippen molar-refractivity contribution in [2.24, 2.45) is 4.99 Å². The Hall–Kier alpha value is -2.83. The van der Waals surface area contributed by atoms with Gasteiger partial charge in [0.2, 0.25) is 0 Å². The highest BCUT2D eigenvalue weighted by Crippen LogP contribution is 2.38. The zero-order valence-corrected chi connectivity index (χ0v) is 20.5. The molecule has 0 aromatic heterocycles. The van der Waals surface area contributed by atoms with E-state index in [-0.39, 0.29) is 5.91 Å². The van der Waals surface area contributed by atoms with Crippen LogP contribution in [0.3, 0.4) is 0 Å². The minimum Gasteiger partial charge on any atom is -0.493 e. The summed E-state index contributed by atoms with van der Waals surface area (Å²) in [5.74, 6) is 0.692. The molecule has 162 valence electrons. The van der Waals surface area contributed by atoms with Crippen LogP contribution in [0, 0.1) is 13.8 Å². The van der Waals surface area contributed by atoms with Gasteiger partial charge in [-0.15, -0.1) is 0 Å².